The van der Waals surface area contributed by atoms with Gasteiger partial charge in [0.25, 0.3) is 0 Å². The molecule has 1 fully saturated rings. The maximum atomic E-state index is 9.55. The maximum Gasteiger partial charge on any atom is 0.328 e. The minimum Gasteiger partial charge on any atom is -0.478 e. The van der Waals surface area contributed by atoms with E-state index in [0.717, 1.165) is 26.2 Å². The van der Waals surface area contributed by atoms with Crippen molar-refractivity contribution in [2.24, 2.45) is 0 Å². The molecule has 2 aromatic rings. The number of hydrogen-bond acceptors (Lipinski definition) is 5. The summed E-state index contributed by atoms with van der Waals surface area (Å²) >= 11 is 2.44. The van der Waals surface area contributed by atoms with Crippen LogP contribution in [-0.2, 0) is 9.59 Å². The number of aliphatic carboxylic acids is 2. The van der Waals surface area contributed by atoms with Gasteiger partial charge < -0.3 is 10.2 Å². The first-order chi connectivity index (χ1) is 15.4. The number of benzene rings is 2. The van der Waals surface area contributed by atoms with Crippen molar-refractivity contribution >= 4 is 54.9 Å². The third-order valence-electron chi connectivity index (χ3n) is 5.11. The van der Waals surface area contributed by atoms with Gasteiger partial charge in [-0.2, -0.15) is 0 Å². The number of nitrogens with zero attached hydrogens (tertiary/aromatic N) is 2. The molecule has 0 aromatic heterocycles. The van der Waals surface area contributed by atoms with E-state index in [0.29, 0.717) is 27.1 Å². The molecule has 1 saturated heterocycles. The minimum absolute atomic E-state index is 0.534. The molecule has 0 amide bonds. The van der Waals surface area contributed by atoms with Gasteiger partial charge in [0.15, 0.2) is 0 Å². The number of carboxylic acid groups (broad SMARTS) is 2. The zero-order valence-electron chi connectivity index (χ0n) is 18.0. The number of fused-ring (bicyclic) bond motifs is 2. The fourth-order valence-corrected chi connectivity index (χ4v) is 5.37. The Morgan fingerprint density at radius 2 is 1.62 bits per heavy atom. The number of hydrogen-bond donors (Lipinski definition) is 2. The Balaban J connectivity index is 0.000000312. The van der Waals surface area contributed by atoms with Gasteiger partial charge in [-0.25, -0.2) is 9.59 Å². The van der Waals surface area contributed by atoms with Crippen molar-refractivity contribution in [3.05, 3.63) is 65.7 Å². The summed E-state index contributed by atoms with van der Waals surface area (Å²) in [6.07, 6.45) is 3.52. The molecule has 0 saturated carbocycles. The van der Waals surface area contributed by atoms with Gasteiger partial charge in [0.2, 0.25) is 0 Å². The molecule has 2 heterocycles. The molecule has 2 aliphatic rings. The van der Waals surface area contributed by atoms with Gasteiger partial charge in [0.1, 0.15) is 0 Å². The van der Waals surface area contributed by atoms with Crippen LogP contribution in [0.3, 0.4) is 0 Å². The van der Waals surface area contributed by atoms with E-state index in [1.54, 1.807) is 0 Å². The second-order valence-electron chi connectivity index (χ2n) is 7.33. The van der Waals surface area contributed by atoms with E-state index in [1.807, 2.05) is 11.8 Å². The van der Waals surface area contributed by atoms with Crippen molar-refractivity contribution in [3.63, 3.8) is 0 Å². The SMILES string of the molecule is C[Se]c1ccc2c(c1)C(N1CCN(C)CC1)=Cc1ccccc1S2.O=C(O)/C=C/C(=O)O. The fraction of sp³-hybridized carbons (Fsp3) is 0.250. The first kappa shape index (κ1) is 24.1. The van der Waals surface area contributed by atoms with E-state index in [-0.39, 0.29) is 0 Å². The fourth-order valence-electron chi connectivity index (χ4n) is 3.41. The zero-order valence-corrected chi connectivity index (χ0v) is 20.6. The third-order valence-corrected chi connectivity index (χ3v) is 7.80. The zero-order chi connectivity index (χ0) is 23.1. The standard InChI is InChI=1S/C20H22N2SSe.C4H4O4/c1-21-9-11-22(12-10-21)18-13-15-5-3-4-6-19(15)23-20-8-7-16(24-2)14-17(18)20;5-3(6)1-2-4(7)8/h3-8,13-14H,9-12H2,1-2H3;1-2H,(H,5,6)(H,7,8)/b;2-1+. The van der Waals surface area contributed by atoms with Crippen molar-refractivity contribution < 1.29 is 19.8 Å². The van der Waals surface area contributed by atoms with Crippen LogP contribution in [-0.4, -0.2) is 80.1 Å². The summed E-state index contributed by atoms with van der Waals surface area (Å²) < 4.78 is 1.48. The Labute approximate surface area is 198 Å². The molecule has 2 N–H and O–H groups in total. The van der Waals surface area contributed by atoms with Crippen molar-refractivity contribution in [1.29, 1.82) is 0 Å². The van der Waals surface area contributed by atoms with Gasteiger partial charge in [-0.3, -0.25) is 0 Å². The largest absolute Gasteiger partial charge is 0.478 e. The van der Waals surface area contributed by atoms with Crippen molar-refractivity contribution in [1.82, 2.24) is 9.80 Å². The monoisotopic (exact) mass is 518 g/mol. The van der Waals surface area contributed by atoms with E-state index in [9.17, 15) is 9.59 Å². The molecular weight excluding hydrogens is 491 g/mol. The number of carboxylic acids is 2. The van der Waals surface area contributed by atoms with Gasteiger partial charge in [-0.1, -0.05) is 0 Å². The summed E-state index contributed by atoms with van der Waals surface area (Å²) in [5.41, 5.74) is 4.17. The number of likely N-dealkylation sites (N-methyl/N-ethyl adjacent to an activating group) is 1. The first-order valence-corrected chi connectivity index (χ1v) is 13.5. The van der Waals surface area contributed by atoms with Crippen LogP contribution in [0.5, 0.6) is 0 Å². The molecule has 0 unspecified atom stereocenters. The first-order valence-electron chi connectivity index (χ1n) is 10.1. The predicted molar refractivity (Wildman–Crippen MR) is 130 cm³/mol. The minimum atomic E-state index is -1.26. The number of piperazine rings is 1. The van der Waals surface area contributed by atoms with E-state index in [1.165, 1.54) is 31.1 Å². The molecule has 2 aliphatic heterocycles. The van der Waals surface area contributed by atoms with E-state index in [2.05, 4.69) is 71.2 Å². The van der Waals surface area contributed by atoms with Crippen LogP contribution < -0.4 is 4.46 Å². The summed E-state index contributed by atoms with van der Waals surface area (Å²) in [4.78, 5) is 26.9. The molecule has 2 aromatic carbocycles. The quantitative estimate of drug-likeness (QED) is 0.477. The normalized spacial score (nSPS) is 15.7. The molecule has 0 aliphatic carbocycles. The molecule has 0 bridgehead atoms. The van der Waals surface area contributed by atoms with E-state index >= 15 is 0 Å². The Hall–Kier alpha value is -2.51. The van der Waals surface area contributed by atoms with Crippen molar-refractivity contribution in [2.75, 3.05) is 33.2 Å². The van der Waals surface area contributed by atoms with Gasteiger partial charge in [0, 0.05) is 12.2 Å². The molecule has 8 heteroatoms. The van der Waals surface area contributed by atoms with Crippen LogP contribution in [0, 0.1) is 0 Å². The number of rotatable bonds is 4. The molecule has 0 atom stereocenters. The van der Waals surface area contributed by atoms with Gasteiger partial charge in [0.05, 0.1) is 0 Å². The Bertz CT molecular complexity index is 1030. The van der Waals surface area contributed by atoms with Crippen LogP contribution in [0.25, 0.3) is 11.8 Å². The summed E-state index contributed by atoms with van der Waals surface area (Å²) in [6, 6.07) is 15.8. The molecule has 0 radical (unpaired) electrons. The second-order valence-corrected chi connectivity index (χ2v) is 10.3. The smallest absolute Gasteiger partial charge is 0.328 e. The summed E-state index contributed by atoms with van der Waals surface area (Å²) in [5.74, 6) is -0.216. The molecule has 168 valence electrons. The van der Waals surface area contributed by atoms with Crippen molar-refractivity contribution in [3.8, 4) is 0 Å². The maximum absolute atomic E-state index is 9.55. The molecular formula is C24H26N2O4SSe. The average molecular weight is 518 g/mol. The number of carbonyl (C=O) groups is 2. The topological polar surface area (TPSA) is 81.1 Å². The van der Waals surface area contributed by atoms with E-state index < -0.39 is 11.9 Å². The van der Waals surface area contributed by atoms with Crippen molar-refractivity contribution in [2.45, 2.75) is 15.6 Å². The van der Waals surface area contributed by atoms with Crippen LogP contribution >= 0.6 is 11.8 Å². The molecule has 0 spiro atoms. The molecule has 6 nitrogen and oxygen atoms in total. The third kappa shape index (κ3) is 6.50. The molecule has 4 rings (SSSR count). The van der Waals surface area contributed by atoms with Crippen LogP contribution in [0.2, 0.25) is 5.82 Å². The second kappa shape index (κ2) is 11.4. The average Bonchev–Trinajstić information content (AvgIpc) is 2.95. The summed E-state index contributed by atoms with van der Waals surface area (Å²) in [5, 5.41) is 15.6. The van der Waals surface area contributed by atoms with Crippen LogP contribution in [0.4, 0.5) is 0 Å². The van der Waals surface area contributed by atoms with Gasteiger partial charge in [-0.15, -0.1) is 0 Å². The summed E-state index contributed by atoms with van der Waals surface area (Å²) in [6.45, 7) is 4.49. The van der Waals surface area contributed by atoms with Crippen LogP contribution in [0.1, 0.15) is 11.1 Å². The molecule has 32 heavy (non-hydrogen) atoms. The summed E-state index contributed by atoms with van der Waals surface area (Å²) in [7, 11) is 2.22. The Morgan fingerprint density at radius 1 is 0.969 bits per heavy atom. The Morgan fingerprint density at radius 3 is 2.25 bits per heavy atom. The predicted octanol–water partition coefficient (Wildman–Crippen LogP) is 2.99. The van der Waals surface area contributed by atoms with Crippen LogP contribution in [0.15, 0.2) is 64.4 Å². The van der Waals surface area contributed by atoms with E-state index in [4.69, 9.17) is 10.2 Å². The Kier molecular flexibility index (Phi) is 8.59. The van der Waals surface area contributed by atoms with Gasteiger partial charge in [-0.05, 0) is 0 Å². The van der Waals surface area contributed by atoms with Gasteiger partial charge >= 0.3 is 167 Å².